The maximum absolute atomic E-state index is 12.8. The van der Waals surface area contributed by atoms with E-state index in [9.17, 15) is 18.0 Å². The van der Waals surface area contributed by atoms with Crippen molar-refractivity contribution in [2.24, 2.45) is 5.92 Å². The highest BCUT2D eigenvalue weighted by molar-refractivity contribution is 7.89. The van der Waals surface area contributed by atoms with Crippen molar-refractivity contribution in [3.8, 4) is 0 Å². The van der Waals surface area contributed by atoms with Gasteiger partial charge in [0, 0.05) is 31.7 Å². The summed E-state index contributed by atoms with van der Waals surface area (Å²) in [6.45, 7) is 1.93. The van der Waals surface area contributed by atoms with Gasteiger partial charge in [-0.25, -0.2) is 8.42 Å². The van der Waals surface area contributed by atoms with Gasteiger partial charge in [0.25, 0.3) is 0 Å². The Morgan fingerprint density at radius 1 is 1.17 bits per heavy atom. The number of benzene rings is 1. The molecule has 1 atom stereocenters. The van der Waals surface area contributed by atoms with Crippen LogP contribution < -0.4 is 5.32 Å². The highest BCUT2D eigenvalue weighted by atomic mass is 32.2. The average molecular weight is 433 g/mol. The van der Waals surface area contributed by atoms with Crippen LogP contribution in [0.25, 0.3) is 0 Å². The van der Waals surface area contributed by atoms with Crippen molar-refractivity contribution in [3.63, 3.8) is 0 Å². The van der Waals surface area contributed by atoms with Gasteiger partial charge in [0.1, 0.15) is 5.76 Å². The van der Waals surface area contributed by atoms with Crippen molar-refractivity contribution >= 4 is 27.5 Å². The summed E-state index contributed by atoms with van der Waals surface area (Å²) in [6, 6.07) is 9.70. The number of amides is 2. The van der Waals surface area contributed by atoms with Crippen LogP contribution in [-0.2, 0) is 30.9 Å². The standard InChI is InChI=1S/C20H23N3O6S/c24-19-11-15(13-22(19)14-17-4-2-8-29-17)20(25)21-16-3-1-5-18(12-16)30(26,27)23-6-9-28-10-7-23/h1-5,8,12,15H,6-7,9-11,13-14H2,(H,21,25)/t15-/m1/s1. The molecule has 2 aromatic rings. The Morgan fingerprint density at radius 2 is 1.97 bits per heavy atom. The van der Waals surface area contributed by atoms with Crippen molar-refractivity contribution in [1.82, 2.24) is 9.21 Å². The minimum Gasteiger partial charge on any atom is -0.467 e. The van der Waals surface area contributed by atoms with E-state index in [1.165, 1.54) is 22.7 Å². The monoisotopic (exact) mass is 433 g/mol. The molecular formula is C20H23N3O6S. The molecule has 160 valence electrons. The minimum atomic E-state index is -3.66. The van der Waals surface area contributed by atoms with Crippen molar-refractivity contribution in [3.05, 3.63) is 48.4 Å². The summed E-state index contributed by atoms with van der Waals surface area (Å²) >= 11 is 0. The zero-order valence-corrected chi connectivity index (χ0v) is 17.1. The normalized spacial score (nSPS) is 20.5. The van der Waals surface area contributed by atoms with Crippen LogP contribution >= 0.6 is 0 Å². The molecule has 2 amide bonds. The first-order valence-electron chi connectivity index (χ1n) is 9.72. The van der Waals surface area contributed by atoms with Crippen molar-refractivity contribution in [2.75, 3.05) is 38.2 Å². The van der Waals surface area contributed by atoms with Gasteiger partial charge in [-0.3, -0.25) is 9.59 Å². The molecule has 1 N–H and O–H groups in total. The van der Waals surface area contributed by atoms with E-state index in [-0.39, 0.29) is 29.7 Å². The first-order valence-corrected chi connectivity index (χ1v) is 11.2. The molecule has 0 aliphatic carbocycles. The zero-order valence-electron chi connectivity index (χ0n) is 16.3. The molecule has 0 bridgehead atoms. The topological polar surface area (TPSA) is 109 Å². The lowest BCUT2D eigenvalue weighted by Gasteiger charge is -2.26. The van der Waals surface area contributed by atoms with Gasteiger partial charge in [0.15, 0.2) is 0 Å². The van der Waals surface area contributed by atoms with Crippen molar-refractivity contribution in [1.29, 1.82) is 0 Å². The molecule has 0 radical (unpaired) electrons. The predicted molar refractivity (Wildman–Crippen MR) is 107 cm³/mol. The minimum absolute atomic E-state index is 0.109. The van der Waals surface area contributed by atoms with E-state index >= 15 is 0 Å². The van der Waals surface area contributed by atoms with Gasteiger partial charge in [-0.15, -0.1) is 0 Å². The van der Waals surface area contributed by atoms with Crippen LogP contribution in [0.4, 0.5) is 5.69 Å². The van der Waals surface area contributed by atoms with Gasteiger partial charge in [-0.2, -0.15) is 4.31 Å². The number of anilines is 1. The smallest absolute Gasteiger partial charge is 0.243 e. The maximum atomic E-state index is 12.8. The molecule has 2 aliphatic heterocycles. The summed E-state index contributed by atoms with van der Waals surface area (Å²) in [5, 5.41) is 2.75. The van der Waals surface area contributed by atoms with Gasteiger partial charge in [-0.05, 0) is 30.3 Å². The third-order valence-electron chi connectivity index (χ3n) is 5.22. The van der Waals surface area contributed by atoms with E-state index < -0.39 is 15.9 Å². The van der Waals surface area contributed by atoms with Crippen LogP contribution in [0.5, 0.6) is 0 Å². The van der Waals surface area contributed by atoms with Gasteiger partial charge in [0.2, 0.25) is 21.8 Å². The molecule has 2 saturated heterocycles. The molecule has 10 heteroatoms. The quantitative estimate of drug-likeness (QED) is 0.735. The third-order valence-corrected chi connectivity index (χ3v) is 7.12. The fourth-order valence-corrected chi connectivity index (χ4v) is 5.06. The number of carbonyl (C=O) groups excluding carboxylic acids is 2. The molecule has 0 unspecified atom stereocenters. The summed E-state index contributed by atoms with van der Waals surface area (Å²) in [6.07, 6.45) is 1.65. The van der Waals surface area contributed by atoms with E-state index in [1.807, 2.05) is 0 Å². The molecule has 2 fully saturated rings. The van der Waals surface area contributed by atoms with E-state index in [0.29, 0.717) is 44.3 Å². The molecule has 3 heterocycles. The number of ether oxygens (including phenoxy) is 1. The highest BCUT2D eigenvalue weighted by Gasteiger charge is 2.35. The molecule has 0 saturated carbocycles. The maximum Gasteiger partial charge on any atom is 0.243 e. The van der Waals surface area contributed by atoms with Crippen LogP contribution in [0.15, 0.2) is 52.0 Å². The number of nitrogens with one attached hydrogen (secondary N) is 1. The fourth-order valence-electron chi connectivity index (χ4n) is 3.61. The number of morpholine rings is 1. The molecule has 30 heavy (non-hydrogen) atoms. The Labute approximate surface area is 174 Å². The lowest BCUT2D eigenvalue weighted by atomic mass is 10.1. The number of nitrogens with zero attached hydrogens (tertiary/aromatic N) is 2. The Bertz CT molecular complexity index is 1010. The number of likely N-dealkylation sites (tertiary alicyclic amines) is 1. The Balaban J connectivity index is 1.41. The summed E-state index contributed by atoms with van der Waals surface area (Å²) in [4.78, 5) is 26.6. The number of rotatable bonds is 6. The van der Waals surface area contributed by atoms with Gasteiger partial charge in [0.05, 0.1) is 36.8 Å². The fraction of sp³-hybridized carbons (Fsp3) is 0.400. The number of hydrogen-bond acceptors (Lipinski definition) is 6. The molecular weight excluding hydrogens is 410 g/mol. The molecule has 4 rings (SSSR count). The summed E-state index contributed by atoms with van der Waals surface area (Å²) < 4.78 is 37.5. The second-order valence-corrected chi connectivity index (χ2v) is 9.23. The number of sulfonamides is 1. The van der Waals surface area contributed by atoms with Gasteiger partial charge < -0.3 is 19.4 Å². The zero-order chi connectivity index (χ0) is 21.1. The van der Waals surface area contributed by atoms with Gasteiger partial charge >= 0.3 is 0 Å². The second kappa shape index (κ2) is 8.58. The van der Waals surface area contributed by atoms with Crippen LogP contribution in [-0.4, -0.2) is 62.3 Å². The average Bonchev–Trinajstić information content (AvgIpc) is 3.39. The Hall–Kier alpha value is -2.69. The molecule has 2 aliphatic rings. The molecule has 1 aromatic carbocycles. The number of furan rings is 1. The van der Waals surface area contributed by atoms with Gasteiger partial charge in [-0.1, -0.05) is 6.07 Å². The number of hydrogen-bond donors (Lipinski definition) is 1. The van der Waals surface area contributed by atoms with E-state index in [2.05, 4.69) is 5.32 Å². The van der Waals surface area contributed by atoms with Crippen LogP contribution in [0.2, 0.25) is 0 Å². The predicted octanol–water partition coefficient (Wildman–Crippen LogP) is 1.29. The lowest BCUT2D eigenvalue weighted by molar-refractivity contribution is -0.128. The summed E-state index contributed by atoms with van der Waals surface area (Å²) in [7, 11) is -3.66. The Morgan fingerprint density at radius 3 is 2.70 bits per heavy atom. The van der Waals surface area contributed by atoms with Crippen molar-refractivity contribution < 1.29 is 27.2 Å². The van der Waals surface area contributed by atoms with E-state index in [1.54, 1.807) is 29.2 Å². The van der Waals surface area contributed by atoms with Crippen LogP contribution in [0, 0.1) is 5.92 Å². The van der Waals surface area contributed by atoms with Crippen LogP contribution in [0.1, 0.15) is 12.2 Å². The SMILES string of the molecule is O=C(Nc1cccc(S(=O)(=O)N2CCOCC2)c1)[C@@H]1CC(=O)N(Cc2ccco2)C1. The number of carbonyl (C=O) groups is 2. The van der Waals surface area contributed by atoms with Crippen LogP contribution in [0.3, 0.4) is 0 Å². The molecule has 0 spiro atoms. The first-order chi connectivity index (χ1) is 14.4. The summed E-state index contributed by atoms with van der Waals surface area (Å²) in [5.41, 5.74) is 0.381. The first kappa shape index (κ1) is 20.6. The van der Waals surface area contributed by atoms with E-state index in [0.717, 1.165) is 0 Å². The largest absolute Gasteiger partial charge is 0.467 e. The highest BCUT2D eigenvalue weighted by Crippen LogP contribution is 2.24. The molecule has 9 nitrogen and oxygen atoms in total. The van der Waals surface area contributed by atoms with Crippen molar-refractivity contribution in [2.45, 2.75) is 17.9 Å². The second-order valence-electron chi connectivity index (χ2n) is 7.29. The van der Waals surface area contributed by atoms with E-state index in [4.69, 9.17) is 9.15 Å². The third kappa shape index (κ3) is 4.40. The lowest BCUT2D eigenvalue weighted by Crippen LogP contribution is -2.40. The molecule has 1 aromatic heterocycles. The summed E-state index contributed by atoms with van der Waals surface area (Å²) in [5.74, 6) is -0.279. The Kier molecular flexibility index (Phi) is 5.89.